The van der Waals surface area contributed by atoms with Gasteiger partial charge in [0.25, 0.3) is 0 Å². The SMILES string of the molecule is O=C(N/N=C\c1ccc(O)cc1)[C@H]1CC12CCC2. The van der Waals surface area contributed by atoms with Crippen LogP contribution < -0.4 is 5.43 Å². The van der Waals surface area contributed by atoms with Gasteiger partial charge in [-0.2, -0.15) is 5.10 Å². The van der Waals surface area contributed by atoms with Gasteiger partial charge in [-0.1, -0.05) is 6.42 Å². The smallest absolute Gasteiger partial charge is 0.243 e. The van der Waals surface area contributed by atoms with Gasteiger partial charge in [0, 0.05) is 5.92 Å². The Kier molecular flexibility index (Phi) is 2.58. The molecule has 1 atom stereocenters. The molecule has 2 aliphatic carbocycles. The molecule has 4 nitrogen and oxygen atoms in total. The molecule has 0 aliphatic heterocycles. The Morgan fingerprint density at radius 3 is 2.67 bits per heavy atom. The van der Waals surface area contributed by atoms with Crippen LogP contribution >= 0.6 is 0 Å². The first-order valence-corrected chi connectivity index (χ1v) is 6.32. The van der Waals surface area contributed by atoms with Crippen molar-refractivity contribution >= 4 is 12.1 Å². The Bertz CT molecular complexity index is 489. The molecule has 2 saturated carbocycles. The lowest BCUT2D eigenvalue weighted by molar-refractivity contribution is -0.123. The number of carbonyl (C=O) groups is 1. The molecule has 4 heteroatoms. The predicted octanol–water partition coefficient (Wildman–Crippen LogP) is 2.03. The number of amides is 1. The first-order valence-electron chi connectivity index (χ1n) is 6.32. The molecule has 2 aliphatic rings. The topological polar surface area (TPSA) is 61.7 Å². The zero-order valence-electron chi connectivity index (χ0n) is 10.1. The molecule has 0 unspecified atom stereocenters. The third kappa shape index (κ3) is 1.98. The largest absolute Gasteiger partial charge is 0.508 e. The second-order valence-corrected chi connectivity index (χ2v) is 5.30. The highest BCUT2D eigenvalue weighted by Crippen LogP contribution is 2.65. The minimum absolute atomic E-state index is 0.0460. The van der Waals surface area contributed by atoms with Crippen molar-refractivity contribution in [2.45, 2.75) is 25.7 Å². The van der Waals surface area contributed by atoms with E-state index in [1.54, 1.807) is 30.5 Å². The molecule has 3 rings (SSSR count). The van der Waals surface area contributed by atoms with Gasteiger partial charge in [-0.15, -0.1) is 0 Å². The first kappa shape index (κ1) is 11.3. The van der Waals surface area contributed by atoms with Crippen LogP contribution in [0.2, 0.25) is 0 Å². The molecule has 0 heterocycles. The van der Waals surface area contributed by atoms with Gasteiger partial charge >= 0.3 is 0 Å². The molecule has 1 aromatic carbocycles. The molecule has 2 N–H and O–H groups in total. The average Bonchev–Trinajstić information content (AvgIpc) is 3.07. The van der Waals surface area contributed by atoms with E-state index in [4.69, 9.17) is 5.11 Å². The third-order valence-electron chi connectivity index (χ3n) is 4.14. The Balaban J connectivity index is 1.52. The Morgan fingerprint density at radius 1 is 1.39 bits per heavy atom. The Morgan fingerprint density at radius 2 is 2.11 bits per heavy atom. The number of phenols is 1. The van der Waals surface area contributed by atoms with Gasteiger partial charge in [0.15, 0.2) is 0 Å². The van der Waals surface area contributed by atoms with Gasteiger partial charge < -0.3 is 5.11 Å². The van der Waals surface area contributed by atoms with Gasteiger partial charge in [-0.05, 0) is 54.5 Å². The lowest BCUT2D eigenvalue weighted by atomic mass is 9.80. The lowest BCUT2D eigenvalue weighted by Gasteiger charge is -2.25. The van der Waals surface area contributed by atoms with E-state index in [-0.39, 0.29) is 17.6 Å². The van der Waals surface area contributed by atoms with Crippen molar-refractivity contribution in [3.63, 3.8) is 0 Å². The molecular formula is C14H16N2O2. The molecule has 0 saturated heterocycles. The maximum atomic E-state index is 11.8. The fraction of sp³-hybridized carbons (Fsp3) is 0.429. The summed E-state index contributed by atoms with van der Waals surface area (Å²) in [4.78, 5) is 11.8. The van der Waals surface area contributed by atoms with E-state index in [1.165, 1.54) is 19.3 Å². The van der Waals surface area contributed by atoms with E-state index in [9.17, 15) is 4.79 Å². The molecule has 1 aromatic rings. The summed E-state index contributed by atoms with van der Waals surface area (Å²) in [5.41, 5.74) is 3.79. The van der Waals surface area contributed by atoms with Crippen molar-refractivity contribution in [2.24, 2.45) is 16.4 Å². The van der Waals surface area contributed by atoms with Crippen molar-refractivity contribution < 1.29 is 9.90 Å². The van der Waals surface area contributed by atoms with Crippen molar-refractivity contribution in [3.05, 3.63) is 29.8 Å². The van der Waals surface area contributed by atoms with Crippen LogP contribution in [0.25, 0.3) is 0 Å². The monoisotopic (exact) mass is 244 g/mol. The van der Waals surface area contributed by atoms with E-state index in [0.29, 0.717) is 5.41 Å². The number of phenolic OH excluding ortho intramolecular Hbond substituents is 1. The van der Waals surface area contributed by atoms with Crippen molar-refractivity contribution in [3.8, 4) is 5.75 Å². The molecule has 0 radical (unpaired) electrons. The quantitative estimate of drug-likeness (QED) is 0.631. The maximum absolute atomic E-state index is 11.8. The Labute approximate surface area is 106 Å². The van der Waals surface area contributed by atoms with Crippen LogP contribution in [-0.2, 0) is 4.79 Å². The van der Waals surface area contributed by atoms with E-state index in [2.05, 4.69) is 10.5 Å². The molecule has 0 bridgehead atoms. The van der Waals surface area contributed by atoms with Gasteiger partial charge in [-0.3, -0.25) is 4.79 Å². The van der Waals surface area contributed by atoms with Crippen LogP contribution in [-0.4, -0.2) is 17.2 Å². The van der Waals surface area contributed by atoms with Crippen molar-refractivity contribution in [1.29, 1.82) is 0 Å². The summed E-state index contributed by atoms with van der Waals surface area (Å²) in [6.07, 6.45) is 6.29. The highest BCUT2D eigenvalue weighted by atomic mass is 16.3. The van der Waals surface area contributed by atoms with Crippen LogP contribution in [0.5, 0.6) is 5.75 Å². The summed E-state index contributed by atoms with van der Waals surface area (Å²) >= 11 is 0. The van der Waals surface area contributed by atoms with Gasteiger partial charge in [0.2, 0.25) is 5.91 Å². The highest BCUT2D eigenvalue weighted by molar-refractivity contribution is 5.85. The summed E-state index contributed by atoms with van der Waals surface area (Å²) in [6.45, 7) is 0. The standard InChI is InChI=1S/C14H16N2O2/c17-11-4-2-10(3-5-11)9-15-16-13(18)12-8-14(12)6-1-7-14/h2-5,9,12,17H,1,6-8H2,(H,16,18)/b15-9-/t12-/m1/s1. The number of rotatable bonds is 3. The third-order valence-corrected chi connectivity index (χ3v) is 4.14. The van der Waals surface area contributed by atoms with Crippen LogP contribution in [0, 0.1) is 11.3 Å². The number of nitrogens with one attached hydrogen (secondary N) is 1. The highest BCUT2D eigenvalue weighted by Gasteiger charge is 2.60. The van der Waals surface area contributed by atoms with Gasteiger partial charge in [0.1, 0.15) is 5.75 Å². The van der Waals surface area contributed by atoms with Crippen LogP contribution in [0.4, 0.5) is 0 Å². The zero-order chi connectivity index (χ0) is 12.6. The molecule has 94 valence electrons. The molecule has 1 spiro atoms. The van der Waals surface area contributed by atoms with Crippen LogP contribution in [0.15, 0.2) is 29.4 Å². The average molecular weight is 244 g/mol. The number of hydrazone groups is 1. The Hall–Kier alpha value is -1.84. The second kappa shape index (κ2) is 4.12. The molecule has 1 amide bonds. The number of hydrogen-bond donors (Lipinski definition) is 2. The predicted molar refractivity (Wildman–Crippen MR) is 68.2 cm³/mol. The fourth-order valence-electron chi connectivity index (χ4n) is 2.71. The van der Waals surface area contributed by atoms with Crippen molar-refractivity contribution in [1.82, 2.24) is 5.43 Å². The fourth-order valence-corrected chi connectivity index (χ4v) is 2.71. The zero-order valence-corrected chi connectivity index (χ0v) is 10.1. The maximum Gasteiger partial charge on any atom is 0.243 e. The van der Waals surface area contributed by atoms with E-state index in [1.807, 2.05) is 0 Å². The van der Waals surface area contributed by atoms with Crippen LogP contribution in [0.1, 0.15) is 31.2 Å². The minimum atomic E-state index is 0.0460. The molecule has 2 fully saturated rings. The van der Waals surface area contributed by atoms with Crippen molar-refractivity contribution in [2.75, 3.05) is 0 Å². The number of benzene rings is 1. The number of aromatic hydroxyl groups is 1. The normalized spacial score (nSPS) is 23.9. The first-order chi connectivity index (χ1) is 8.70. The van der Waals surface area contributed by atoms with Crippen LogP contribution in [0.3, 0.4) is 0 Å². The van der Waals surface area contributed by atoms with E-state index < -0.39 is 0 Å². The summed E-state index contributed by atoms with van der Waals surface area (Å²) in [6, 6.07) is 6.67. The summed E-state index contributed by atoms with van der Waals surface area (Å²) < 4.78 is 0. The second-order valence-electron chi connectivity index (χ2n) is 5.30. The summed E-state index contributed by atoms with van der Waals surface area (Å²) in [5, 5.41) is 13.1. The number of nitrogens with zero attached hydrogens (tertiary/aromatic N) is 1. The molecule has 0 aromatic heterocycles. The number of hydrogen-bond acceptors (Lipinski definition) is 3. The minimum Gasteiger partial charge on any atom is -0.508 e. The summed E-state index contributed by atoms with van der Waals surface area (Å²) in [5.74, 6) is 0.453. The molecular weight excluding hydrogens is 228 g/mol. The van der Waals surface area contributed by atoms with Gasteiger partial charge in [-0.25, -0.2) is 5.43 Å². The summed E-state index contributed by atoms with van der Waals surface area (Å²) in [7, 11) is 0. The van der Waals surface area contributed by atoms with E-state index in [0.717, 1.165) is 12.0 Å². The molecule has 18 heavy (non-hydrogen) atoms. The number of carbonyl (C=O) groups excluding carboxylic acids is 1. The van der Waals surface area contributed by atoms with Gasteiger partial charge in [0.05, 0.1) is 6.21 Å². The lowest BCUT2D eigenvalue weighted by Crippen LogP contribution is -2.26. The van der Waals surface area contributed by atoms with E-state index >= 15 is 0 Å².